The summed E-state index contributed by atoms with van der Waals surface area (Å²) in [5.74, 6) is 0. The predicted molar refractivity (Wildman–Crippen MR) is 56.5 cm³/mol. The number of benzene rings is 1. The molecule has 4 nitrogen and oxygen atoms in total. The molecule has 100 valence electrons. The van der Waals surface area contributed by atoms with Crippen LogP contribution in [0.25, 0.3) is 0 Å². The molecule has 7 heteroatoms. The van der Waals surface area contributed by atoms with Crippen molar-refractivity contribution >= 4 is 6.09 Å². The summed E-state index contributed by atoms with van der Waals surface area (Å²) in [5, 5.41) is 9.75. The van der Waals surface area contributed by atoms with E-state index in [4.69, 9.17) is 5.73 Å². The zero-order valence-corrected chi connectivity index (χ0v) is 9.44. The molecule has 1 aromatic rings. The van der Waals surface area contributed by atoms with E-state index in [-0.39, 0.29) is 5.56 Å². The van der Waals surface area contributed by atoms with Crippen LogP contribution in [0.3, 0.4) is 0 Å². The number of ether oxygens (including phenoxy) is 1. The number of aliphatic hydroxyl groups is 1. The normalized spacial score (nSPS) is 14.9. The average molecular weight is 263 g/mol. The number of hydrogen-bond acceptors (Lipinski definition) is 3. The van der Waals surface area contributed by atoms with Gasteiger partial charge in [-0.15, -0.1) is 0 Å². The molecule has 0 saturated carbocycles. The van der Waals surface area contributed by atoms with E-state index in [9.17, 15) is 23.1 Å². The minimum absolute atomic E-state index is 0.362. The second-order valence-electron chi connectivity index (χ2n) is 3.67. The monoisotopic (exact) mass is 263 g/mol. The number of alkyl halides is 3. The maximum Gasteiger partial charge on any atom is 0.416 e. The predicted octanol–water partition coefficient (Wildman–Crippen LogP) is 2.22. The van der Waals surface area contributed by atoms with Gasteiger partial charge in [0.15, 0.2) is 0 Å². The Labute approximate surface area is 101 Å². The summed E-state index contributed by atoms with van der Waals surface area (Å²) < 4.78 is 42.5. The molecule has 0 bridgehead atoms. The molecule has 0 aromatic heterocycles. The molecule has 18 heavy (non-hydrogen) atoms. The van der Waals surface area contributed by atoms with Crippen LogP contribution in [0.5, 0.6) is 0 Å². The molecule has 1 amide bonds. The highest BCUT2D eigenvalue weighted by molar-refractivity contribution is 5.64. The van der Waals surface area contributed by atoms with Crippen LogP contribution in [0.1, 0.15) is 24.2 Å². The summed E-state index contributed by atoms with van der Waals surface area (Å²) in [6, 6.07) is 4.52. The molecule has 0 spiro atoms. The zero-order chi connectivity index (χ0) is 13.9. The van der Waals surface area contributed by atoms with Crippen molar-refractivity contribution in [3.8, 4) is 0 Å². The van der Waals surface area contributed by atoms with Crippen molar-refractivity contribution in [2.45, 2.75) is 25.3 Å². The third kappa shape index (κ3) is 3.36. The van der Waals surface area contributed by atoms with E-state index >= 15 is 0 Å². The highest BCUT2D eigenvalue weighted by Crippen LogP contribution is 2.35. The minimum atomic E-state index is -4.59. The summed E-state index contributed by atoms with van der Waals surface area (Å²) >= 11 is 0. The molecular formula is C11H12F3NO3. The molecule has 0 radical (unpaired) electrons. The van der Waals surface area contributed by atoms with Gasteiger partial charge in [-0.1, -0.05) is 18.2 Å². The molecular weight excluding hydrogens is 251 g/mol. The lowest BCUT2D eigenvalue weighted by atomic mass is 9.99. The van der Waals surface area contributed by atoms with E-state index in [0.717, 1.165) is 12.1 Å². The Morgan fingerprint density at radius 1 is 1.39 bits per heavy atom. The number of hydrogen-bond donors (Lipinski definition) is 2. The van der Waals surface area contributed by atoms with Crippen molar-refractivity contribution in [3.63, 3.8) is 0 Å². The number of aliphatic hydroxyl groups excluding tert-OH is 1. The van der Waals surface area contributed by atoms with Gasteiger partial charge in [-0.2, -0.15) is 13.2 Å². The third-order valence-electron chi connectivity index (χ3n) is 2.33. The number of carbonyl (C=O) groups excluding carboxylic acids is 1. The van der Waals surface area contributed by atoms with Crippen molar-refractivity contribution in [3.05, 3.63) is 35.4 Å². The summed E-state index contributed by atoms with van der Waals surface area (Å²) in [5.41, 5.74) is 3.40. The van der Waals surface area contributed by atoms with Crippen molar-refractivity contribution in [1.82, 2.24) is 0 Å². The van der Waals surface area contributed by atoms with Gasteiger partial charge in [0.2, 0.25) is 0 Å². The van der Waals surface area contributed by atoms with Crippen molar-refractivity contribution in [2.24, 2.45) is 5.73 Å². The molecule has 1 rings (SSSR count). The van der Waals surface area contributed by atoms with Crippen LogP contribution in [0.2, 0.25) is 0 Å². The van der Waals surface area contributed by atoms with Crippen LogP contribution in [0.4, 0.5) is 18.0 Å². The van der Waals surface area contributed by atoms with Crippen molar-refractivity contribution in [2.75, 3.05) is 0 Å². The molecule has 0 aliphatic carbocycles. The second-order valence-corrected chi connectivity index (χ2v) is 3.67. The standard InChI is InChI=1S/C11H12F3NO3/c1-6(18-10(15)17)9(16)7-4-2-3-5-8(7)11(12,13)14/h2-6,9,16H,1H3,(H2,15,17)/t6-,9+/m1/s1. The first-order chi connectivity index (χ1) is 8.23. The Kier molecular flexibility index (Phi) is 4.18. The molecule has 0 fully saturated rings. The fourth-order valence-corrected chi connectivity index (χ4v) is 1.51. The number of amides is 1. The van der Waals surface area contributed by atoms with Gasteiger partial charge >= 0.3 is 12.3 Å². The van der Waals surface area contributed by atoms with Gasteiger partial charge in [-0.25, -0.2) is 4.79 Å². The van der Waals surface area contributed by atoms with E-state index < -0.39 is 30.0 Å². The van der Waals surface area contributed by atoms with Crippen LogP contribution < -0.4 is 5.73 Å². The Hall–Kier alpha value is -1.76. The van der Waals surface area contributed by atoms with E-state index in [1.165, 1.54) is 19.1 Å². The van der Waals surface area contributed by atoms with E-state index in [2.05, 4.69) is 4.74 Å². The molecule has 0 unspecified atom stereocenters. The number of carbonyl (C=O) groups is 1. The molecule has 1 aromatic carbocycles. The molecule has 2 atom stereocenters. The zero-order valence-electron chi connectivity index (χ0n) is 9.44. The summed E-state index contributed by atoms with van der Waals surface area (Å²) in [6.45, 7) is 1.25. The molecule has 0 heterocycles. The number of nitrogens with two attached hydrogens (primary N) is 1. The second kappa shape index (κ2) is 5.26. The largest absolute Gasteiger partial charge is 0.444 e. The maximum atomic E-state index is 12.7. The van der Waals surface area contributed by atoms with Crippen molar-refractivity contribution in [1.29, 1.82) is 0 Å². The maximum absolute atomic E-state index is 12.7. The van der Waals surface area contributed by atoms with Gasteiger partial charge in [0, 0.05) is 0 Å². The number of rotatable bonds is 3. The van der Waals surface area contributed by atoms with Crippen LogP contribution in [0.15, 0.2) is 24.3 Å². The van der Waals surface area contributed by atoms with Gasteiger partial charge < -0.3 is 15.6 Å². The molecule has 3 N–H and O–H groups in total. The lowest BCUT2D eigenvalue weighted by molar-refractivity contribution is -0.139. The molecule has 0 aliphatic heterocycles. The van der Waals surface area contributed by atoms with Crippen LogP contribution in [-0.4, -0.2) is 17.3 Å². The van der Waals surface area contributed by atoms with Gasteiger partial charge in [-0.05, 0) is 18.6 Å². The number of halogens is 3. The van der Waals surface area contributed by atoms with E-state index in [1.807, 2.05) is 0 Å². The van der Waals surface area contributed by atoms with E-state index in [1.54, 1.807) is 0 Å². The highest BCUT2D eigenvalue weighted by Gasteiger charge is 2.36. The lowest BCUT2D eigenvalue weighted by Crippen LogP contribution is -2.27. The Morgan fingerprint density at radius 3 is 2.44 bits per heavy atom. The Bertz CT molecular complexity index is 434. The first-order valence-corrected chi connectivity index (χ1v) is 5.03. The van der Waals surface area contributed by atoms with Crippen LogP contribution in [0, 0.1) is 0 Å². The summed E-state index contributed by atoms with van der Waals surface area (Å²) in [4.78, 5) is 10.5. The highest BCUT2D eigenvalue weighted by atomic mass is 19.4. The van der Waals surface area contributed by atoms with Gasteiger partial charge in [0.05, 0.1) is 5.56 Å². The van der Waals surface area contributed by atoms with Gasteiger partial charge in [0.1, 0.15) is 12.2 Å². The first kappa shape index (κ1) is 14.3. The quantitative estimate of drug-likeness (QED) is 0.878. The fourth-order valence-electron chi connectivity index (χ4n) is 1.51. The average Bonchev–Trinajstić information content (AvgIpc) is 2.26. The first-order valence-electron chi connectivity index (χ1n) is 5.03. The van der Waals surface area contributed by atoms with E-state index in [0.29, 0.717) is 0 Å². The molecule has 0 saturated heterocycles. The Morgan fingerprint density at radius 2 is 1.94 bits per heavy atom. The van der Waals surface area contributed by atoms with Crippen LogP contribution >= 0.6 is 0 Å². The lowest BCUT2D eigenvalue weighted by Gasteiger charge is -2.22. The van der Waals surface area contributed by atoms with Crippen molar-refractivity contribution < 1.29 is 27.8 Å². The minimum Gasteiger partial charge on any atom is -0.444 e. The Balaban J connectivity index is 3.06. The number of primary amides is 1. The summed E-state index contributed by atoms with van der Waals surface area (Å²) in [7, 11) is 0. The smallest absolute Gasteiger partial charge is 0.416 e. The van der Waals surface area contributed by atoms with Gasteiger partial charge in [-0.3, -0.25) is 0 Å². The van der Waals surface area contributed by atoms with Gasteiger partial charge in [0.25, 0.3) is 0 Å². The summed E-state index contributed by atoms with van der Waals surface area (Å²) in [6.07, 6.45) is -8.53. The molecule has 0 aliphatic rings. The van der Waals surface area contributed by atoms with Crippen LogP contribution in [-0.2, 0) is 10.9 Å². The topological polar surface area (TPSA) is 72.5 Å². The third-order valence-corrected chi connectivity index (χ3v) is 2.33. The fraction of sp³-hybridized carbons (Fsp3) is 0.364. The SMILES string of the molecule is C[C@@H](OC(N)=O)[C@H](O)c1ccccc1C(F)(F)F.